The molecule has 4 rings (SSSR count). The van der Waals surface area contributed by atoms with Gasteiger partial charge in [-0.3, -0.25) is 0 Å². The van der Waals surface area contributed by atoms with Crippen molar-refractivity contribution in [2.45, 2.75) is 56.5 Å². The van der Waals surface area contributed by atoms with E-state index >= 15 is 4.39 Å². The Labute approximate surface area is 115 Å². The van der Waals surface area contributed by atoms with Crippen LogP contribution in [0.3, 0.4) is 0 Å². The lowest BCUT2D eigenvalue weighted by molar-refractivity contribution is -0.217. The van der Waals surface area contributed by atoms with Crippen LogP contribution < -0.4 is 0 Å². The molecule has 0 spiro atoms. The quantitative estimate of drug-likeness (QED) is 0.607. The summed E-state index contributed by atoms with van der Waals surface area (Å²) in [6.07, 6.45) is -3.43. The predicted octanol–water partition coefficient (Wildman–Crippen LogP) is 3.71. The van der Waals surface area contributed by atoms with Gasteiger partial charge in [0.25, 0.3) is 0 Å². The van der Waals surface area contributed by atoms with Gasteiger partial charge in [0.2, 0.25) is 0 Å². The minimum absolute atomic E-state index is 0.232. The average Bonchev–Trinajstić information content (AvgIpc) is 3.02. The first-order valence-electron chi connectivity index (χ1n) is 7.73. The minimum Gasteiger partial charge on any atom is -0.384 e. The summed E-state index contributed by atoms with van der Waals surface area (Å²) in [4.78, 5) is 0. The van der Waals surface area contributed by atoms with Gasteiger partial charge in [0.05, 0.1) is 0 Å². The highest BCUT2D eigenvalue weighted by atomic mass is 19.4. The Morgan fingerprint density at radius 3 is 2.35 bits per heavy atom. The smallest absolute Gasteiger partial charge is 0.384 e. The van der Waals surface area contributed by atoms with Crippen molar-refractivity contribution in [1.82, 2.24) is 0 Å². The molecule has 4 fully saturated rings. The van der Waals surface area contributed by atoms with Gasteiger partial charge in [-0.05, 0) is 67.6 Å². The fourth-order valence-corrected chi connectivity index (χ4v) is 6.35. The normalized spacial score (nSPS) is 54.5. The highest BCUT2D eigenvalue weighted by Crippen LogP contribution is 2.71. The van der Waals surface area contributed by atoms with E-state index < -0.39 is 24.4 Å². The molecule has 0 aromatic rings. The first-order chi connectivity index (χ1) is 9.29. The summed E-state index contributed by atoms with van der Waals surface area (Å²) in [6, 6.07) is 0. The molecule has 1 nitrogen and oxygen atoms in total. The second-order valence-corrected chi connectivity index (χ2v) is 7.59. The van der Waals surface area contributed by atoms with E-state index in [0.717, 1.165) is 12.8 Å². The van der Waals surface area contributed by atoms with Gasteiger partial charge in [-0.2, -0.15) is 13.2 Å². The van der Waals surface area contributed by atoms with Crippen LogP contribution in [0, 0.1) is 35.5 Å². The lowest BCUT2D eigenvalue weighted by atomic mass is 9.65. The van der Waals surface area contributed by atoms with Crippen LogP contribution in [-0.2, 0) is 0 Å². The molecule has 114 valence electrons. The second-order valence-electron chi connectivity index (χ2n) is 7.59. The summed E-state index contributed by atoms with van der Waals surface area (Å²) in [5.41, 5.74) is -1.79. The van der Waals surface area contributed by atoms with Gasteiger partial charge < -0.3 is 5.11 Å². The van der Waals surface area contributed by atoms with Crippen LogP contribution in [0.1, 0.15) is 38.5 Å². The van der Waals surface area contributed by atoms with E-state index in [2.05, 4.69) is 0 Å². The molecule has 0 aromatic carbocycles. The SMILES string of the molecule is OC(CC1(F)CC2CC1C1C3CCC(C3)C21)C(F)(F)F. The van der Waals surface area contributed by atoms with E-state index in [0.29, 0.717) is 23.7 Å². The van der Waals surface area contributed by atoms with Gasteiger partial charge in [-0.15, -0.1) is 0 Å². The van der Waals surface area contributed by atoms with E-state index in [4.69, 9.17) is 0 Å². The molecule has 5 heteroatoms. The van der Waals surface area contributed by atoms with E-state index in [9.17, 15) is 18.3 Å². The van der Waals surface area contributed by atoms with Crippen LogP contribution in [0.15, 0.2) is 0 Å². The molecular weight excluding hydrogens is 272 g/mol. The van der Waals surface area contributed by atoms with Gasteiger partial charge in [0.15, 0.2) is 6.10 Å². The fourth-order valence-electron chi connectivity index (χ4n) is 6.35. The van der Waals surface area contributed by atoms with Crippen molar-refractivity contribution < 1.29 is 22.7 Å². The maximum absolute atomic E-state index is 15.1. The molecule has 20 heavy (non-hydrogen) atoms. The number of fused-ring (bicyclic) bond motifs is 9. The summed E-state index contributed by atoms with van der Waals surface area (Å²) in [5.74, 6) is 2.16. The Morgan fingerprint density at radius 2 is 1.70 bits per heavy atom. The third kappa shape index (κ3) is 1.65. The van der Waals surface area contributed by atoms with Crippen molar-refractivity contribution in [3.63, 3.8) is 0 Å². The Morgan fingerprint density at radius 1 is 1.05 bits per heavy atom. The van der Waals surface area contributed by atoms with Crippen molar-refractivity contribution >= 4 is 0 Å². The van der Waals surface area contributed by atoms with Crippen molar-refractivity contribution in [2.75, 3.05) is 0 Å². The Balaban J connectivity index is 1.55. The zero-order valence-corrected chi connectivity index (χ0v) is 11.2. The summed E-state index contributed by atoms with van der Waals surface area (Å²) < 4.78 is 52.6. The minimum atomic E-state index is -4.70. The Hall–Kier alpha value is -0.320. The van der Waals surface area contributed by atoms with Crippen LogP contribution >= 0.6 is 0 Å². The molecule has 1 N–H and O–H groups in total. The van der Waals surface area contributed by atoms with E-state index in [1.807, 2.05) is 0 Å². The van der Waals surface area contributed by atoms with Crippen LogP contribution in [0.2, 0.25) is 0 Å². The third-order valence-electron chi connectivity index (χ3n) is 6.79. The molecule has 0 saturated heterocycles. The molecule has 0 aromatic heterocycles. The topological polar surface area (TPSA) is 20.2 Å². The number of hydrogen-bond acceptors (Lipinski definition) is 1. The first kappa shape index (κ1) is 13.4. The molecule has 8 unspecified atom stereocenters. The monoisotopic (exact) mass is 292 g/mol. The number of aliphatic hydroxyl groups excluding tert-OH is 1. The first-order valence-corrected chi connectivity index (χ1v) is 7.73. The number of aliphatic hydroxyl groups is 1. The van der Waals surface area contributed by atoms with Crippen LogP contribution in [0.4, 0.5) is 17.6 Å². The summed E-state index contributed by atoms with van der Waals surface area (Å²) in [5, 5.41) is 9.25. The second kappa shape index (κ2) is 3.90. The zero-order chi connectivity index (χ0) is 14.3. The van der Waals surface area contributed by atoms with Crippen LogP contribution in [-0.4, -0.2) is 23.1 Å². The molecule has 0 amide bonds. The highest BCUT2D eigenvalue weighted by Gasteiger charge is 2.68. The summed E-state index contributed by atoms with van der Waals surface area (Å²) in [6.45, 7) is 0. The lowest BCUT2D eigenvalue weighted by Gasteiger charge is -2.43. The zero-order valence-electron chi connectivity index (χ0n) is 11.2. The van der Waals surface area contributed by atoms with Gasteiger partial charge in [-0.25, -0.2) is 4.39 Å². The molecule has 0 heterocycles. The van der Waals surface area contributed by atoms with Gasteiger partial charge in [0, 0.05) is 6.42 Å². The van der Waals surface area contributed by atoms with Gasteiger partial charge in [0.1, 0.15) is 5.67 Å². The number of alkyl halides is 4. The summed E-state index contributed by atoms with van der Waals surface area (Å²) >= 11 is 0. The molecule has 0 aliphatic heterocycles. The molecule has 4 bridgehead atoms. The third-order valence-corrected chi connectivity index (χ3v) is 6.79. The largest absolute Gasteiger partial charge is 0.414 e. The van der Waals surface area contributed by atoms with Gasteiger partial charge >= 0.3 is 6.18 Å². The molecule has 4 saturated carbocycles. The van der Waals surface area contributed by atoms with E-state index in [1.54, 1.807) is 0 Å². The Kier molecular flexibility index (Phi) is 2.61. The molecule has 8 atom stereocenters. The highest BCUT2D eigenvalue weighted by molar-refractivity contribution is 5.16. The maximum Gasteiger partial charge on any atom is 0.414 e. The van der Waals surface area contributed by atoms with Crippen molar-refractivity contribution in [3.05, 3.63) is 0 Å². The molecule has 0 radical (unpaired) electrons. The molecule has 4 aliphatic rings. The number of halogens is 4. The summed E-state index contributed by atoms with van der Waals surface area (Å²) in [7, 11) is 0. The van der Waals surface area contributed by atoms with Crippen LogP contribution in [0.5, 0.6) is 0 Å². The average molecular weight is 292 g/mol. The fraction of sp³-hybridized carbons (Fsp3) is 1.00. The van der Waals surface area contributed by atoms with E-state index in [-0.39, 0.29) is 18.3 Å². The number of hydrogen-bond donors (Lipinski definition) is 1. The van der Waals surface area contributed by atoms with Crippen molar-refractivity contribution in [3.8, 4) is 0 Å². The number of rotatable bonds is 2. The Bertz CT molecular complexity index is 423. The lowest BCUT2D eigenvalue weighted by Crippen LogP contribution is -2.46. The van der Waals surface area contributed by atoms with E-state index in [1.165, 1.54) is 12.8 Å². The van der Waals surface area contributed by atoms with Crippen LogP contribution in [0.25, 0.3) is 0 Å². The van der Waals surface area contributed by atoms with Crippen molar-refractivity contribution in [2.24, 2.45) is 35.5 Å². The van der Waals surface area contributed by atoms with Crippen molar-refractivity contribution in [1.29, 1.82) is 0 Å². The molecular formula is C15H20F4O. The van der Waals surface area contributed by atoms with Gasteiger partial charge in [-0.1, -0.05) is 0 Å². The standard InChI is InChI=1S/C15H20F4O/c16-14(6-11(20)15(17,18)19)5-9-4-10(14)13-8-2-1-7(3-8)12(9)13/h7-13,20H,1-6H2. The predicted molar refractivity (Wildman–Crippen MR) is 64.5 cm³/mol. The molecule has 4 aliphatic carbocycles. The maximum atomic E-state index is 15.1.